The molecule has 97 valence electrons. The van der Waals surface area contributed by atoms with Gasteiger partial charge in [-0.15, -0.1) is 0 Å². The van der Waals surface area contributed by atoms with Crippen LogP contribution in [0.5, 0.6) is 0 Å². The Kier molecular flexibility index (Phi) is 5.75. The van der Waals surface area contributed by atoms with Gasteiger partial charge in [-0.1, -0.05) is 24.5 Å². The molecule has 0 unspecified atom stereocenters. The van der Waals surface area contributed by atoms with Crippen molar-refractivity contribution in [2.24, 2.45) is 0 Å². The number of hydrogen-bond donors (Lipinski definition) is 1. The molecule has 1 amide bonds. The summed E-state index contributed by atoms with van der Waals surface area (Å²) in [6.45, 7) is 6.29. The van der Waals surface area contributed by atoms with E-state index in [4.69, 9.17) is 0 Å². The Balaban J connectivity index is 0.00000180. The summed E-state index contributed by atoms with van der Waals surface area (Å²) in [5, 5.41) is 13.7. The maximum Gasteiger partial charge on any atom is 0.248 e. The van der Waals surface area contributed by atoms with Gasteiger partial charge in [-0.25, -0.2) is 4.68 Å². The SMILES string of the molecule is CCn1nnnc1NC(=O)c1ccc(C)[c-]c1C.[Y]. The second-order valence-corrected chi connectivity index (χ2v) is 3.95. The number of benzene rings is 1. The van der Waals surface area contributed by atoms with Gasteiger partial charge in [0.2, 0.25) is 11.9 Å². The van der Waals surface area contributed by atoms with E-state index in [1.165, 1.54) is 4.68 Å². The quantitative estimate of drug-likeness (QED) is 0.861. The van der Waals surface area contributed by atoms with Gasteiger partial charge in [-0.2, -0.15) is 29.3 Å². The first-order chi connectivity index (χ1) is 8.61. The Morgan fingerprint density at radius 2 is 2.16 bits per heavy atom. The van der Waals surface area contributed by atoms with E-state index in [1.807, 2.05) is 26.8 Å². The number of rotatable bonds is 3. The Morgan fingerprint density at radius 3 is 2.79 bits per heavy atom. The van der Waals surface area contributed by atoms with Gasteiger partial charge < -0.3 is 0 Å². The summed E-state index contributed by atoms with van der Waals surface area (Å²) < 4.78 is 1.52. The molecule has 1 radical (unpaired) electrons. The van der Waals surface area contributed by atoms with E-state index in [-0.39, 0.29) is 38.6 Å². The molecular formula is C12H14N5OY-. The Labute approximate surface area is 136 Å². The van der Waals surface area contributed by atoms with Crippen LogP contribution in [0.25, 0.3) is 0 Å². The predicted molar refractivity (Wildman–Crippen MR) is 66.2 cm³/mol. The molecule has 1 aromatic carbocycles. The fourth-order valence-electron chi connectivity index (χ4n) is 1.66. The van der Waals surface area contributed by atoms with Crippen LogP contribution in [-0.2, 0) is 39.3 Å². The van der Waals surface area contributed by atoms with Crippen LogP contribution >= 0.6 is 0 Å². The zero-order valence-corrected chi connectivity index (χ0v) is 14.0. The molecule has 0 spiro atoms. The van der Waals surface area contributed by atoms with E-state index in [0.29, 0.717) is 18.1 Å². The van der Waals surface area contributed by atoms with Gasteiger partial charge in [0.15, 0.2) is 0 Å². The average molecular weight is 333 g/mol. The number of hydrogen-bond acceptors (Lipinski definition) is 4. The molecule has 2 aromatic rings. The van der Waals surface area contributed by atoms with Crippen molar-refractivity contribution in [3.8, 4) is 0 Å². The second kappa shape index (κ2) is 6.86. The van der Waals surface area contributed by atoms with Crippen LogP contribution in [0.4, 0.5) is 5.95 Å². The van der Waals surface area contributed by atoms with Crippen LogP contribution in [-0.4, -0.2) is 26.1 Å². The normalized spacial score (nSPS) is 9.84. The third-order valence-corrected chi connectivity index (χ3v) is 2.59. The Hall–Kier alpha value is -1.14. The molecule has 6 nitrogen and oxygen atoms in total. The molecule has 0 aliphatic carbocycles. The van der Waals surface area contributed by atoms with Gasteiger partial charge in [-0.3, -0.25) is 10.1 Å². The van der Waals surface area contributed by atoms with E-state index in [2.05, 4.69) is 26.9 Å². The fraction of sp³-hybridized carbons (Fsp3) is 0.333. The number of carbonyl (C=O) groups excluding carboxylic acids is 1. The van der Waals surface area contributed by atoms with Crippen molar-refractivity contribution >= 4 is 11.9 Å². The number of amides is 1. The largest absolute Gasteiger partial charge is 0.300 e. The number of carbonyl (C=O) groups is 1. The van der Waals surface area contributed by atoms with E-state index in [0.717, 1.165) is 11.1 Å². The summed E-state index contributed by atoms with van der Waals surface area (Å²) in [5.74, 6) is 0.121. The Morgan fingerprint density at radius 1 is 1.42 bits per heavy atom. The van der Waals surface area contributed by atoms with E-state index in [9.17, 15) is 4.79 Å². The van der Waals surface area contributed by atoms with Crippen LogP contribution in [0.15, 0.2) is 12.1 Å². The van der Waals surface area contributed by atoms with Crippen molar-refractivity contribution in [3.05, 3.63) is 34.9 Å². The van der Waals surface area contributed by atoms with Crippen LogP contribution in [0.1, 0.15) is 28.4 Å². The summed E-state index contributed by atoms with van der Waals surface area (Å²) in [6, 6.07) is 6.73. The summed E-state index contributed by atoms with van der Waals surface area (Å²) in [6.07, 6.45) is 0. The van der Waals surface area contributed by atoms with Gasteiger partial charge in [-0.05, 0) is 17.4 Å². The molecule has 19 heavy (non-hydrogen) atoms. The van der Waals surface area contributed by atoms with Gasteiger partial charge >= 0.3 is 0 Å². The van der Waals surface area contributed by atoms with Gasteiger partial charge in [0.1, 0.15) is 0 Å². The first kappa shape index (κ1) is 15.9. The minimum Gasteiger partial charge on any atom is -0.300 e. The van der Waals surface area contributed by atoms with Gasteiger partial charge in [0.05, 0.1) is 0 Å². The third-order valence-electron chi connectivity index (χ3n) is 2.59. The number of aromatic nitrogens is 4. The first-order valence-electron chi connectivity index (χ1n) is 5.69. The molecule has 0 saturated heterocycles. The van der Waals surface area contributed by atoms with Crippen molar-refractivity contribution < 1.29 is 37.5 Å². The Bertz CT molecular complexity index is 581. The van der Waals surface area contributed by atoms with Crippen molar-refractivity contribution in [1.82, 2.24) is 20.2 Å². The summed E-state index contributed by atoms with van der Waals surface area (Å²) in [4.78, 5) is 12.1. The van der Waals surface area contributed by atoms with Gasteiger partial charge in [0, 0.05) is 39.3 Å². The minimum atomic E-state index is -0.228. The molecule has 0 aliphatic heterocycles. The maximum atomic E-state index is 12.1. The molecule has 1 aromatic heterocycles. The predicted octanol–water partition coefficient (Wildman–Crippen LogP) is 1.36. The molecule has 0 aliphatic rings. The van der Waals surface area contributed by atoms with Crippen molar-refractivity contribution in [3.63, 3.8) is 0 Å². The molecule has 7 heteroatoms. The molecular weight excluding hydrogens is 319 g/mol. The number of nitrogens with one attached hydrogen (secondary N) is 1. The molecule has 2 rings (SSSR count). The smallest absolute Gasteiger partial charge is 0.248 e. The van der Waals surface area contributed by atoms with E-state index >= 15 is 0 Å². The van der Waals surface area contributed by atoms with Crippen molar-refractivity contribution in [2.75, 3.05) is 5.32 Å². The summed E-state index contributed by atoms with van der Waals surface area (Å²) >= 11 is 0. The second-order valence-electron chi connectivity index (χ2n) is 3.95. The first-order valence-corrected chi connectivity index (χ1v) is 5.69. The summed E-state index contributed by atoms with van der Waals surface area (Å²) in [5.41, 5.74) is 2.39. The van der Waals surface area contributed by atoms with Crippen molar-refractivity contribution in [2.45, 2.75) is 27.3 Å². The third kappa shape index (κ3) is 3.67. The zero-order chi connectivity index (χ0) is 13.1. The zero-order valence-electron chi connectivity index (χ0n) is 11.1. The fourth-order valence-corrected chi connectivity index (χ4v) is 1.66. The number of anilines is 1. The maximum absolute atomic E-state index is 12.1. The minimum absolute atomic E-state index is 0. The van der Waals surface area contributed by atoms with Crippen molar-refractivity contribution in [1.29, 1.82) is 0 Å². The molecule has 0 saturated carbocycles. The average Bonchev–Trinajstić information content (AvgIpc) is 2.76. The number of nitrogens with zero attached hydrogens (tertiary/aromatic N) is 4. The molecule has 1 heterocycles. The van der Waals surface area contributed by atoms with Crippen LogP contribution in [0.3, 0.4) is 0 Å². The number of aryl methyl sites for hydroxylation is 3. The van der Waals surface area contributed by atoms with Crippen LogP contribution in [0.2, 0.25) is 0 Å². The standard InChI is InChI=1S/C12H14N5O.Y/c1-4-17-12(14-15-16-17)13-11(18)10-6-5-8(2)7-9(10)3;/h5-6H,4H2,1-3H3,(H,13,14,16,18);/q-1;. The molecule has 0 atom stereocenters. The van der Waals surface area contributed by atoms with Crippen LogP contribution < -0.4 is 5.32 Å². The molecule has 0 bridgehead atoms. The topological polar surface area (TPSA) is 72.7 Å². The molecule has 1 N–H and O–H groups in total. The monoisotopic (exact) mass is 333 g/mol. The van der Waals surface area contributed by atoms with E-state index < -0.39 is 0 Å². The molecule has 0 fully saturated rings. The van der Waals surface area contributed by atoms with Crippen LogP contribution in [0, 0.1) is 19.9 Å². The number of tetrazole rings is 1. The van der Waals surface area contributed by atoms with Gasteiger partial charge in [0.25, 0.3) is 0 Å². The van der Waals surface area contributed by atoms with E-state index in [1.54, 1.807) is 6.07 Å². The summed E-state index contributed by atoms with van der Waals surface area (Å²) in [7, 11) is 0.